The van der Waals surface area contributed by atoms with Crippen LogP contribution >= 0.6 is 0 Å². The van der Waals surface area contributed by atoms with Gasteiger partial charge in [0.15, 0.2) is 0 Å². The molecule has 0 bridgehead atoms. The summed E-state index contributed by atoms with van der Waals surface area (Å²) in [6.07, 6.45) is 0. The number of pyridine rings is 1. The smallest absolute Gasteiger partial charge is 0.311 e. The van der Waals surface area contributed by atoms with Crippen molar-refractivity contribution >= 4 is 11.5 Å². The standard InChI is InChI=1S/C13H11F2N3O3/c1-21-12-5-4-11(18(19)20)13(17-12)16-7-8-2-3-9(14)6-10(8)15/h2-6H,7H2,1H3,(H,16,17). The Morgan fingerprint density at radius 2 is 2.10 bits per heavy atom. The number of nitrogens with one attached hydrogen (secondary N) is 1. The fraction of sp³-hybridized carbons (Fsp3) is 0.154. The molecule has 0 radical (unpaired) electrons. The Kier molecular flexibility index (Phi) is 4.27. The summed E-state index contributed by atoms with van der Waals surface area (Å²) in [6, 6.07) is 5.68. The Morgan fingerprint density at radius 1 is 1.33 bits per heavy atom. The molecule has 0 aliphatic rings. The SMILES string of the molecule is COc1ccc([N+](=O)[O-])c(NCc2ccc(F)cc2F)n1. The largest absolute Gasteiger partial charge is 0.481 e. The molecule has 1 aromatic heterocycles. The zero-order chi connectivity index (χ0) is 15.4. The average Bonchev–Trinajstić information content (AvgIpc) is 2.45. The quantitative estimate of drug-likeness (QED) is 0.678. The first-order valence-corrected chi connectivity index (χ1v) is 5.88. The minimum atomic E-state index is -0.743. The van der Waals surface area contributed by atoms with Crippen LogP contribution in [-0.2, 0) is 6.54 Å². The summed E-state index contributed by atoms with van der Waals surface area (Å²) < 4.78 is 31.2. The van der Waals surface area contributed by atoms with Gasteiger partial charge in [-0.1, -0.05) is 6.07 Å². The van der Waals surface area contributed by atoms with Crippen LogP contribution in [0.1, 0.15) is 5.56 Å². The van der Waals surface area contributed by atoms with Crippen LogP contribution in [0.3, 0.4) is 0 Å². The molecule has 0 saturated heterocycles. The van der Waals surface area contributed by atoms with Crippen molar-refractivity contribution in [2.45, 2.75) is 6.54 Å². The summed E-state index contributed by atoms with van der Waals surface area (Å²) in [7, 11) is 1.37. The first-order chi connectivity index (χ1) is 10.0. The number of anilines is 1. The molecule has 2 aromatic rings. The molecule has 1 heterocycles. The van der Waals surface area contributed by atoms with Crippen molar-refractivity contribution < 1.29 is 18.4 Å². The first kappa shape index (κ1) is 14.6. The van der Waals surface area contributed by atoms with Gasteiger partial charge in [0.2, 0.25) is 11.7 Å². The van der Waals surface area contributed by atoms with Gasteiger partial charge in [0.05, 0.1) is 12.0 Å². The number of methoxy groups -OCH3 is 1. The van der Waals surface area contributed by atoms with Gasteiger partial charge in [0.1, 0.15) is 11.6 Å². The lowest BCUT2D eigenvalue weighted by Crippen LogP contribution is -2.07. The van der Waals surface area contributed by atoms with E-state index in [4.69, 9.17) is 4.74 Å². The maximum atomic E-state index is 13.5. The number of halogens is 2. The molecular weight excluding hydrogens is 284 g/mol. The van der Waals surface area contributed by atoms with Crippen molar-refractivity contribution in [1.82, 2.24) is 4.98 Å². The van der Waals surface area contributed by atoms with E-state index in [0.29, 0.717) is 0 Å². The number of ether oxygens (including phenoxy) is 1. The summed E-state index contributed by atoms with van der Waals surface area (Å²) in [5.74, 6) is -1.31. The molecule has 0 aliphatic carbocycles. The monoisotopic (exact) mass is 295 g/mol. The summed E-state index contributed by atoms with van der Waals surface area (Å²) >= 11 is 0. The van der Waals surface area contributed by atoms with Gasteiger partial charge in [-0.3, -0.25) is 10.1 Å². The van der Waals surface area contributed by atoms with E-state index in [9.17, 15) is 18.9 Å². The van der Waals surface area contributed by atoms with Crippen LogP contribution in [0.5, 0.6) is 5.88 Å². The van der Waals surface area contributed by atoms with Gasteiger partial charge in [0.25, 0.3) is 0 Å². The van der Waals surface area contributed by atoms with Crippen LogP contribution in [0.2, 0.25) is 0 Å². The normalized spacial score (nSPS) is 10.2. The highest BCUT2D eigenvalue weighted by Crippen LogP contribution is 2.25. The summed E-state index contributed by atoms with van der Waals surface area (Å²) in [5, 5.41) is 13.6. The van der Waals surface area contributed by atoms with E-state index in [-0.39, 0.29) is 29.5 Å². The van der Waals surface area contributed by atoms with Crippen molar-refractivity contribution in [1.29, 1.82) is 0 Å². The van der Waals surface area contributed by atoms with Crippen molar-refractivity contribution in [2.24, 2.45) is 0 Å². The van der Waals surface area contributed by atoms with Gasteiger partial charge in [-0.25, -0.2) is 8.78 Å². The van der Waals surface area contributed by atoms with Crippen molar-refractivity contribution in [3.63, 3.8) is 0 Å². The molecule has 0 saturated carbocycles. The molecule has 21 heavy (non-hydrogen) atoms. The second-order valence-corrected chi connectivity index (χ2v) is 4.07. The van der Waals surface area contributed by atoms with E-state index in [1.807, 2.05) is 0 Å². The predicted octanol–water partition coefficient (Wildman–Crippen LogP) is 2.89. The fourth-order valence-electron chi connectivity index (χ4n) is 1.67. The van der Waals surface area contributed by atoms with E-state index < -0.39 is 16.6 Å². The number of aromatic nitrogens is 1. The van der Waals surface area contributed by atoms with Gasteiger partial charge in [-0.05, 0) is 6.07 Å². The zero-order valence-electron chi connectivity index (χ0n) is 11.0. The van der Waals surface area contributed by atoms with Crippen LogP contribution in [-0.4, -0.2) is 17.0 Å². The molecule has 0 aliphatic heterocycles. The number of nitro groups is 1. The van der Waals surface area contributed by atoms with E-state index in [0.717, 1.165) is 12.1 Å². The number of benzene rings is 1. The Labute approximate surface area is 118 Å². The number of hydrogen-bond acceptors (Lipinski definition) is 5. The summed E-state index contributed by atoms with van der Waals surface area (Å²) in [6.45, 7) is -0.0763. The molecule has 0 atom stereocenters. The van der Waals surface area contributed by atoms with Crippen LogP contribution in [0.15, 0.2) is 30.3 Å². The van der Waals surface area contributed by atoms with Gasteiger partial charge >= 0.3 is 5.69 Å². The van der Waals surface area contributed by atoms with E-state index >= 15 is 0 Å². The second-order valence-electron chi connectivity index (χ2n) is 4.07. The predicted molar refractivity (Wildman–Crippen MR) is 71.1 cm³/mol. The third-order valence-corrected chi connectivity index (χ3v) is 2.72. The summed E-state index contributed by atoms with van der Waals surface area (Å²) in [4.78, 5) is 14.2. The molecule has 8 heteroatoms. The van der Waals surface area contributed by atoms with Gasteiger partial charge in [-0.2, -0.15) is 4.98 Å². The Balaban J connectivity index is 2.24. The molecule has 1 N–H and O–H groups in total. The van der Waals surface area contributed by atoms with Crippen LogP contribution in [0, 0.1) is 21.7 Å². The van der Waals surface area contributed by atoms with Crippen LogP contribution in [0.4, 0.5) is 20.3 Å². The zero-order valence-corrected chi connectivity index (χ0v) is 11.0. The minimum absolute atomic E-state index is 0.0527. The lowest BCUT2D eigenvalue weighted by molar-refractivity contribution is -0.384. The fourth-order valence-corrected chi connectivity index (χ4v) is 1.67. The van der Waals surface area contributed by atoms with Crippen LogP contribution in [0.25, 0.3) is 0 Å². The van der Waals surface area contributed by atoms with E-state index in [1.54, 1.807) is 0 Å². The Bertz CT molecular complexity index is 680. The summed E-state index contributed by atoms with van der Waals surface area (Å²) in [5.41, 5.74) is -0.103. The highest BCUT2D eigenvalue weighted by molar-refractivity contribution is 5.57. The molecule has 0 amide bonds. The number of rotatable bonds is 5. The third-order valence-electron chi connectivity index (χ3n) is 2.72. The Morgan fingerprint density at radius 3 is 2.71 bits per heavy atom. The van der Waals surface area contributed by atoms with Crippen LogP contribution < -0.4 is 10.1 Å². The van der Waals surface area contributed by atoms with Crippen molar-refractivity contribution in [3.05, 3.63) is 57.6 Å². The third kappa shape index (κ3) is 3.41. The minimum Gasteiger partial charge on any atom is -0.481 e. The molecule has 0 fully saturated rings. The molecule has 1 aromatic carbocycles. The molecule has 0 unspecified atom stereocenters. The van der Waals surface area contributed by atoms with Crippen molar-refractivity contribution in [2.75, 3.05) is 12.4 Å². The Hall–Kier alpha value is -2.77. The number of nitrogens with zero attached hydrogens (tertiary/aromatic N) is 2. The first-order valence-electron chi connectivity index (χ1n) is 5.88. The average molecular weight is 295 g/mol. The van der Waals surface area contributed by atoms with E-state index in [2.05, 4.69) is 10.3 Å². The van der Waals surface area contributed by atoms with E-state index in [1.165, 1.54) is 25.3 Å². The molecule has 110 valence electrons. The molecule has 6 nitrogen and oxygen atoms in total. The maximum Gasteiger partial charge on any atom is 0.311 e. The van der Waals surface area contributed by atoms with Gasteiger partial charge < -0.3 is 10.1 Å². The second kappa shape index (κ2) is 6.12. The highest BCUT2D eigenvalue weighted by Gasteiger charge is 2.16. The van der Waals surface area contributed by atoms with Gasteiger partial charge in [0, 0.05) is 30.3 Å². The topological polar surface area (TPSA) is 77.3 Å². The lowest BCUT2D eigenvalue weighted by Gasteiger charge is -2.08. The van der Waals surface area contributed by atoms with Gasteiger partial charge in [-0.15, -0.1) is 0 Å². The molecule has 0 spiro atoms. The molecular formula is C13H11F2N3O3. The highest BCUT2D eigenvalue weighted by atomic mass is 19.1. The van der Waals surface area contributed by atoms with Crippen molar-refractivity contribution in [3.8, 4) is 5.88 Å². The maximum absolute atomic E-state index is 13.5. The molecule has 2 rings (SSSR count). The lowest BCUT2D eigenvalue weighted by atomic mass is 10.2. The number of hydrogen-bond donors (Lipinski definition) is 1.